The number of ether oxygens (including phenoxy) is 2. The Bertz CT molecular complexity index is 1040. The molecule has 4 nitrogen and oxygen atoms in total. The van der Waals surface area contributed by atoms with Crippen molar-refractivity contribution in [2.75, 3.05) is 33.4 Å². The van der Waals surface area contributed by atoms with Crippen LogP contribution in [-0.2, 0) is 12.8 Å². The van der Waals surface area contributed by atoms with Gasteiger partial charge in [-0.15, -0.1) is 0 Å². The first-order chi connectivity index (χ1) is 17.7. The molecule has 1 aromatic heterocycles. The molecule has 0 saturated carbocycles. The maximum absolute atomic E-state index is 6.07. The fourth-order valence-corrected chi connectivity index (χ4v) is 5.31. The molecule has 0 amide bonds. The molecule has 4 rings (SSSR count). The number of pyridine rings is 1. The summed E-state index contributed by atoms with van der Waals surface area (Å²) in [6, 6.07) is 19.2. The molecular weight excluding hydrogens is 444 g/mol. The van der Waals surface area contributed by atoms with Crippen LogP contribution in [0.3, 0.4) is 0 Å². The van der Waals surface area contributed by atoms with E-state index in [1.54, 1.807) is 7.11 Å². The lowest BCUT2D eigenvalue weighted by Gasteiger charge is -2.32. The highest BCUT2D eigenvalue weighted by Gasteiger charge is 2.19. The van der Waals surface area contributed by atoms with E-state index in [4.69, 9.17) is 14.5 Å². The van der Waals surface area contributed by atoms with Crippen molar-refractivity contribution in [1.29, 1.82) is 0 Å². The summed E-state index contributed by atoms with van der Waals surface area (Å²) in [6.07, 6.45) is 12.1. The van der Waals surface area contributed by atoms with E-state index in [2.05, 4.69) is 60.4 Å². The van der Waals surface area contributed by atoms with Crippen molar-refractivity contribution >= 4 is 10.9 Å². The van der Waals surface area contributed by atoms with E-state index < -0.39 is 0 Å². The van der Waals surface area contributed by atoms with Gasteiger partial charge in [0.15, 0.2) is 0 Å². The van der Waals surface area contributed by atoms with Crippen LogP contribution in [0.4, 0.5) is 0 Å². The molecule has 1 fully saturated rings. The van der Waals surface area contributed by atoms with Crippen molar-refractivity contribution in [2.24, 2.45) is 5.92 Å². The number of hydrogen-bond acceptors (Lipinski definition) is 4. The summed E-state index contributed by atoms with van der Waals surface area (Å²) in [4.78, 5) is 7.48. The molecule has 1 aliphatic rings. The molecule has 0 bridgehead atoms. The Hall–Kier alpha value is -2.59. The van der Waals surface area contributed by atoms with Gasteiger partial charge in [-0.25, -0.2) is 0 Å². The standard InChI is InChI=1S/C32H44N2O2/c1-3-4-14-28-24-32(35-2)30-25-29(15-16-31(30)33-28)36-22-11-6-5-10-19-34-20-17-27(18-21-34)23-26-12-8-7-9-13-26/h7-9,12-13,15-16,24-25,27H,3-6,10-11,14,17-23H2,1-2H3. The smallest absolute Gasteiger partial charge is 0.130 e. The predicted molar refractivity (Wildman–Crippen MR) is 150 cm³/mol. The lowest BCUT2D eigenvalue weighted by molar-refractivity contribution is 0.180. The summed E-state index contributed by atoms with van der Waals surface area (Å²) in [5, 5.41) is 1.03. The number of fused-ring (bicyclic) bond motifs is 1. The third-order valence-electron chi connectivity index (χ3n) is 7.51. The molecule has 194 valence electrons. The summed E-state index contributed by atoms with van der Waals surface area (Å²) in [5.74, 6) is 2.65. The second-order valence-electron chi connectivity index (χ2n) is 10.3. The van der Waals surface area contributed by atoms with Gasteiger partial charge in [0, 0.05) is 17.1 Å². The highest BCUT2D eigenvalue weighted by Crippen LogP contribution is 2.29. The molecule has 0 spiro atoms. The Morgan fingerprint density at radius 1 is 0.917 bits per heavy atom. The highest BCUT2D eigenvalue weighted by molar-refractivity contribution is 5.86. The minimum Gasteiger partial charge on any atom is -0.496 e. The van der Waals surface area contributed by atoms with Crippen LogP contribution >= 0.6 is 0 Å². The zero-order valence-electron chi connectivity index (χ0n) is 22.4. The van der Waals surface area contributed by atoms with Crippen LogP contribution in [0.15, 0.2) is 54.6 Å². The Balaban J connectivity index is 1.11. The summed E-state index contributed by atoms with van der Waals surface area (Å²) in [6.45, 7) is 6.75. The normalized spacial score (nSPS) is 14.8. The lowest BCUT2D eigenvalue weighted by atomic mass is 9.90. The molecule has 1 aliphatic heterocycles. The molecule has 0 N–H and O–H groups in total. The molecule has 0 unspecified atom stereocenters. The number of methoxy groups -OCH3 is 1. The molecule has 2 heterocycles. The maximum atomic E-state index is 6.07. The fourth-order valence-electron chi connectivity index (χ4n) is 5.31. The largest absolute Gasteiger partial charge is 0.496 e. The van der Waals surface area contributed by atoms with E-state index in [1.807, 2.05) is 6.07 Å². The van der Waals surface area contributed by atoms with Crippen molar-refractivity contribution in [2.45, 2.75) is 71.1 Å². The number of hydrogen-bond donors (Lipinski definition) is 0. The molecule has 4 heteroatoms. The predicted octanol–water partition coefficient (Wildman–Crippen LogP) is 7.48. The first-order valence-corrected chi connectivity index (χ1v) is 14.1. The molecule has 3 aromatic rings. The van der Waals surface area contributed by atoms with Crippen molar-refractivity contribution in [1.82, 2.24) is 9.88 Å². The van der Waals surface area contributed by atoms with Gasteiger partial charge in [0.25, 0.3) is 0 Å². The van der Waals surface area contributed by atoms with Crippen molar-refractivity contribution in [3.8, 4) is 11.5 Å². The van der Waals surface area contributed by atoms with E-state index in [-0.39, 0.29) is 0 Å². The average molecular weight is 489 g/mol. The number of aryl methyl sites for hydroxylation is 1. The number of unbranched alkanes of at least 4 members (excludes halogenated alkanes) is 4. The van der Waals surface area contributed by atoms with Gasteiger partial charge in [0.05, 0.1) is 19.2 Å². The molecule has 36 heavy (non-hydrogen) atoms. The number of likely N-dealkylation sites (tertiary alicyclic amines) is 1. The Morgan fingerprint density at radius 3 is 2.50 bits per heavy atom. The Kier molecular flexibility index (Phi) is 10.5. The van der Waals surface area contributed by atoms with Crippen LogP contribution in [0.5, 0.6) is 11.5 Å². The quantitative estimate of drug-likeness (QED) is 0.220. The van der Waals surface area contributed by atoms with Gasteiger partial charge < -0.3 is 14.4 Å². The lowest BCUT2D eigenvalue weighted by Crippen LogP contribution is -2.35. The number of rotatable bonds is 14. The zero-order valence-corrected chi connectivity index (χ0v) is 22.4. The minimum atomic E-state index is 0.765. The molecular formula is C32H44N2O2. The number of piperidine rings is 1. The molecule has 0 radical (unpaired) electrons. The monoisotopic (exact) mass is 488 g/mol. The molecule has 0 aliphatic carbocycles. The van der Waals surface area contributed by atoms with E-state index >= 15 is 0 Å². The SMILES string of the molecule is CCCCc1cc(OC)c2cc(OCCCCCCN3CCC(Cc4ccccc4)CC3)ccc2n1. The van der Waals surface area contributed by atoms with Gasteiger partial charge in [0.2, 0.25) is 0 Å². The van der Waals surface area contributed by atoms with Crippen molar-refractivity contribution < 1.29 is 9.47 Å². The van der Waals surface area contributed by atoms with Gasteiger partial charge >= 0.3 is 0 Å². The van der Waals surface area contributed by atoms with Crippen LogP contribution in [0.25, 0.3) is 10.9 Å². The number of nitrogens with zero attached hydrogens (tertiary/aromatic N) is 2. The van der Waals surface area contributed by atoms with Crippen LogP contribution < -0.4 is 9.47 Å². The van der Waals surface area contributed by atoms with Crippen LogP contribution in [0, 0.1) is 5.92 Å². The van der Waals surface area contributed by atoms with E-state index in [0.717, 1.165) is 59.9 Å². The van der Waals surface area contributed by atoms with Crippen molar-refractivity contribution in [3.05, 3.63) is 65.9 Å². The number of benzene rings is 2. The van der Waals surface area contributed by atoms with Gasteiger partial charge in [-0.05, 0) is 94.3 Å². The zero-order chi connectivity index (χ0) is 25.0. The second kappa shape index (κ2) is 14.2. The molecule has 1 saturated heterocycles. The second-order valence-corrected chi connectivity index (χ2v) is 10.3. The van der Waals surface area contributed by atoms with Crippen LogP contribution in [0.2, 0.25) is 0 Å². The van der Waals surface area contributed by atoms with Crippen molar-refractivity contribution in [3.63, 3.8) is 0 Å². The van der Waals surface area contributed by atoms with Gasteiger partial charge in [-0.2, -0.15) is 0 Å². The third-order valence-corrected chi connectivity index (χ3v) is 7.51. The van der Waals surface area contributed by atoms with E-state index in [9.17, 15) is 0 Å². The molecule has 0 atom stereocenters. The van der Waals surface area contributed by atoms with Gasteiger partial charge in [-0.3, -0.25) is 4.98 Å². The van der Waals surface area contributed by atoms with E-state index in [1.165, 1.54) is 70.1 Å². The first kappa shape index (κ1) is 26.5. The minimum absolute atomic E-state index is 0.765. The van der Waals surface area contributed by atoms with Gasteiger partial charge in [0.1, 0.15) is 11.5 Å². The highest BCUT2D eigenvalue weighted by atomic mass is 16.5. The Labute approximate surface area is 218 Å². The summed E-state index contributed by atoms with van der Waals surface area (Å²) in [7, 11) is 1.73. The maximum Gasteiger partial charge on any atom is 0.130 e. The topological polar surface area (TPSA) is 34.6 Å². The summed E-state index contributed by atoms with van der Waals surface area (Å²) >= 11 is 0. The summed E-state index contributed by atoms with van der Waals surface area (Å²) < 4.78 is 11.7. The van der Waals surface area contributed by atoms with Crippen LogP contribution in [0.1, 0.15) is 69.5 Å². The van der Waals surface area contributed by atoms with Gasteiger partial charge in [-0.1, -0.05) is 56.5 Å². The summed E-state index contributed by atoms with van der Waals surface area (Å²) in [5.41, 5.74) is 3.58. The number of aromatic nitrogens is 1. The first-order valence-electron chi connectivity index (χ1n) is 14.1. The Morgan fingerprint density at radius 2 is 1.72 bits per heavy atom. The third kappa shape index (κ3) is 7.96. The molecule has 2 aromatic carbocycles. The fraction of sp³-hybridized carbons (Fsp3) is 0.531. The van der Waals surface area contributed by atoms with Crippen LogP contribution in [-0.4, -0.2) is 43.2 Å². The van der Waals surface area contributed by atoms with E-state index in [0.29, 0.717) is 0 Å². The average Bonchev–Trinajstić information content (AvgIpc) is 2.92.